The second-order valence-corrected chi connectivity index (χ2v) is 12.3. The molecule has 236 valence electrons. The molecule has 2 heterocycles. The lowest BCUT2D eigenvalue weighted by atomic mass is 9.98. The zero-order valence-electron chi connectivity index (χ0n) is 26.2. The van der Waals surface area contributed by atoms with E-state index in [1.165, 1.54) is 0 Å². The third-order valence-corrected chi connectivity index (χ3v) is 7.71. The van der Waals surface area contributed by atoms with Crippen molar-refractivity contribution in [3.05, 3.63) is 65.7 Å². The van der Waals surface area contributed by atoms with Gasteiger partial charge in [-0.05, 0) is 67.2 Å². The predicted molar refractivity (Wildman–Crippen MR) is 169 cm³/mol. The second kappa shape index (κ2) is 17.5. The van der Waals surface area contributed by atoms with Gasteiger partial charge < -0.3 is 30.7 Å². The largest absolute Gasteiger partial charge is 0.494 e. The Morgan fingerprint density at radius 1 is 1.00 bits per heavy atom. The summed E-state index contributed by atoms with van der Waals surface area (Å²) in [6.45, 7) is 9.40. The molecule has 0 fully saturated rings. The van der Waals surface area contributed by atoms with E-state index in [1.807, 2.05) is 68.4 Å². The lowest BCUT2D eigenvalue weighted by Gasteiger charge is -2.32. The highest BCUT2D eigenvalue weighted by Gasteiger charge is 2.31. The summed E-state index contributed by atoms with van der Waals surface area (Å²) in [6.07, 6.45) is 2.79. The number of nitrogens with one attached hydrogen (secondary N) is 3. The molecule has 2 bridgehead atoms. The quantitative estimate of drug-likeness (QED) is 0.343. The minimum absolute atomic E-state index is 0.0399. The number of hydrogen-bond acceptors (Lipinski definition) is 5. The van der Waals surface area contributed by atoms with E-state index < -0.39 is 18.2 Å². The molecule has 2 aromatic carbocycles. The molecule has 0 saturated carbocycles. The van der Waals surface area contributed by atoms with Crippen LogP contribution < -0.4 is 20.7 Å². The summed E-state index contributed by atoms with van der Waals surface area (Å²) in [6, 6.07) is 15.6. The van der Waals surface area contributed by atoms with Crippen LogP contribution in [0.2, 0.25) is 0 Å². The van der Waals surface area contributed by atoms with Gasteiger partial charge in [-0.25, -0.2) is 4.79 Å². The van der Waals surface area contributed by atoms with Gasteiger partial charge >= 0.3 is 6.03 Å². The number of fused-ring (bicyclic) bond motifs is 14. The van der Waals surface area contributed by atoms with Gasteiger partial charge in [-0.15, -0.1) is 0 Å². The van der Waals surface area contributed by atoms with Crippen molar-refractivity contribution < 1.29 is 24.2 Å². The van der Waals surface area contributed by atoms with E-state index in [2.05, 4.69) is 29.8 Å². The van der Waals surface area contributed by atoms with Gasteiger partial charge in [-0.2, -0.15) is 0 Å². The number of rotatable bonds is 9. The monoisotopic (exact) mass is 594 g/mol. The Morgan fingerprint density at radius 2 is 1.72 bits per heavy atom. The Labute approximate surface area is 256 Å². The number of hydrogen-bond donors (Lipinski definition) is 4. The van der Waals surface area contributed by atoms with E-state index in [0.29, 0.717) is 44.9 Å². The Kier molecular flexibility index (Phi) is 13.8. The van der Waals surface area contributed by atoms with Crippen LogP contribution >= 0.6 is 0 Å². The van der Waals surface area contributed by atoms with Gasteiger partial charge in [-0.1, -0.05) is 70.2 Å². The maximum atomic E-state index is 13.6. The highest BCUT2D eigenvalue weighted by atomic mass is 16.5. The molecule has 2 aliphatic rings. The highest BCUT2D eigenvalue weighted by Crippen LogP contribution is 2.17. The number of aliphatic hydroxyl groups excluding tert-OH is 1. The predicted octanol–water partition coefficient (Wildman–Crippen LogP) is 4.43. The second-order valence-electron chi connectivity index (χ2n) is 12.3. The summed E-state index contributed by atoms with van der Waals surface area (Å²) in [7, 11) is 0. The lowest BCUT2D eigenvalue weighted by molar-refractivity contribution is -0.131. The first-order valence-electron chi connectivity index (χ1n) is 15.7. The lowest BCUT2D eigenvalue weighted by Crippen LogP contribution is -2.57. The van der Waals surface area contributed by atoms with E-state index in [0.717, 1.165) is 36.1 Å². The van der Waals surface area contributed by atoms with Crippen molar-refractivity contribution in [3.8, 4) is 5.75 Å². The van der Waals surface area contributed by atoms with Crippen LogP contribution in [0.5, 0.6) is 5.75 Å². The number of amides is 4. The molecule has 0 aromatic heterocycles. The zero-order valence-corrected chi connectivity index (χ0v) is 26.2. The summed E-state index contributed by atoms with van der Waals surface area (Å²) in [5.41, 5.74) is 1.89. The minimum atomic E-state index is -1.06. The molecule has 43 heavy (non-hydrogen) atoms. The first-order chi connectivity index (χ1) is 20.6. The van der Waals surface area contributed by atoms with Crippen molar-refractivity contribution in [1.29, 1.82) is 0 Å². The standard InChI is InChI=1S/C34H50N4O5/c1-24(2)18-19-38(34(42)35-22-27-11-7-5-8-12-27)23-30(39)29-21-26-14-16-28(17-15-26)43-20-10-6-9-13-31(40)37-32(25(3)4)33(41)36-29/h5,7-8,11-12,14-17,24-25,29-30,32,39H,6,9-10,13,18-23H2,1-4H3,(H,35,42)(H,36,41)(H,37,40)/t29-,30+,32-/m0/s1. The molecule has 0 saturated heterocycles. The van der Waals surface area contributed by atoms with Crippen LogP contribution in [0.4, 0.5) is 4.79 Å². The smallest absolute Gasteiger partial charge is 0.317 e. The molecule has 4 N–H and O–H groups in total. The maximum Gasteiger partial charge on any atom is 0.317 e. The fourth-order valence-electron chi connectivity index (χ4n) is 4.99. The first-order valence-corrected chi connectivity index (χ1v) is 15.7. The Bertz CT molecular complexity index is 1140. The molecule has 0 aliphatic carbocycles. The summed E-state index contributed by atoms with van der Waals surface area (Å²) < 4.78 is 5.86. The summed E-state index contributed by atoms with van der Waals surface area (Å²) in [5, 5.41) is 20.5. The van der Waals surface area contributed by atoms with Gasteiger partial charge in [0.25, 0.3) is 0 Å². The van der Waals surface area contributed by atoms with Gasteiger partial charge in [0.05, 0.1) is 25.3 Å². The minimum Gasteiger partial charge on any atom is -0.494 e. The Balaban J connectivity index is 1.82. The molecule has 0 radical (unpaired) electrons. The molecule has 9 heteroatoms. The molecular weight excluding hydrogens is 544 g/mol. The Hall–Kier alpha value is -3.59. The molecule has 0 spiro atoms. The van der Waals surface area contributed by atoms with Crippen molar-refractivity contribution in [2.24, 2.45) is 11.8 Å². The molecule has 9 nitrogen and oxygen atoms in total. The number of aliphatic hydroxyl groups is 1. The van der Waals surface area contributed by atoms with Gasteiger partial charge in [0, 0.05) is 19.5 Å². The van der Waals surface area contributed by atoms with Gasteiger partial charge in [0.15, 0.2) is 0 Å². The van der Waals surface area contributed by atoms with Crippen LogP contribution in [0, 0.1) is 11.8 Å². The zero-order chi connectivity index (χ0) is 31.2. The first kappa shape index (κ1) is 33.9. The summed E-state index contributed by atoms with van der Waals surface area (Å²) in [4.78, 5) is 41.2. The van der Waals surface area contributed by atoms with Crippen molar-refractivity contribution in [2.75, 3.05) is 19.7 Å². The molecule has 2 aliphatic heterocycles. The fraction of sp³-hybridized carbons (Fsp3) is 0.559. The third-order valence-electron chi connectivity index (χ3n) is 7.71. The topological polar surface area (TPSA) is 120 Å². The SMILES string of the molecule is CC(C)CCN(C[C@@H](O)[C@@H]1Cc2ccc(cc2)OCCCCCC(=O)N[C@@H](C(C)C)C(=O)N1)C(=O)NCc1ccccc1. The fourth-order valence-corrected chi connectivity index (χ4v) is 4.99. The molecule has 3 atom stereocenters. The van der Waals surface area contributed by atoms with Gasteiger partial charge in [0.2, 0.25) is 11.8 Å². The van der Waals surface area contributed by atoms with E-state index >= 15 is 0 Å². The van der Waals surface area contributed by atoms with E-state index in [-0.39, 0.29) is 30.3 Å². The molecule has 0 unspecified atom stereocenters. The van der Waals surface area contributed by atoms with Crippen molar-refractivity contribution in [1.82, 2.24) is 20.9 Å². The van der Waals surface area contributed by atoms with Gasteiger partial charge in [0.1, 0.15) is 11.8 Å². The van der Waals surface area contributed by atoms with E-state index in [4.69, 9.17) is 4.74 Å². The van der Waals surface area contributed by atoms with E-state index in [1.54, 1.807) is 4.90 Å². The van der Waals surface area contributed by atoms with Crippen LogP contribution in [0.25, 0.3) is 0 Å². The Morgan fingerprint density at radius 3 is 2.40 bits per heavy atom. The third kappa shape index (κ3) is 11.9. The number of urea groups is 1. The maximum absolute atomic E-state index is 13.6. The van der Waals surface area contributed by atoms with Crippen molar-refractivity contribution >= 4 is 17.8 Å². The summed E-state index contributed by atoms with van der Waals surface area (Å²) >= 11 is 0. The normalized spacial score (nSPS) is 19.2. The number of carbonyl (C=O) groups is 3. The van der Waals surface area contributed by atoms with Crippen LogP contribution in [-0.4, -0.2) is 65.7 Å². The molecular formula is C34H50N4O5. The van der Waals surface area contributed by atoms with Crippen LogP contribution in [0.3, 0.4) is 0 Å². The van der Waals surface area contributed by atoms with Crippen molar-refractivity contribution in [3.63, 3.8) is 0 Å². The molecule has 4 rings (SSSR count). The highest BCUT2D eigenvalue weighted by molar-refractivity contribution is 5.88. The number of carbonyl (C=O) groups excluding carboxylic acids is 3. The number of nitrogens with zero attached hydrogens (tertiary/aromatic N) is 1. The molecule has 2 aromatic rings. The molecule has 4 amide bonds. The number of ether oxygens (including phenoxy) is 1. The van der Waals surface area contributed by atoms with Crippen molar-refractivity contribution in [2.45, 2.75) is 91.0 Å². The van der Waals surface area contributed by atoms with E-state index in [9.17, 15) is 19.5 Å². The van der Waals surface area contributed by atoms with Crippen LogP contribution in [0.15, 0.2) is 54.6 Å². The van der Waals surface area contributed by atoms with Crippen LogP contribution in [-0.2, 0) is 22.6 Å². The average Bonchev–Trinajstić information content (AvgIpc) is 2.98. The summed E-state index contributed by atoms with van der Waals surface area (Å²) in [5.74, 6) is 0.450. The average molecular weight is 595 g/mol. The van der Waals surface area contributed by atoms with Crippen LogP contribution in [0.1, 0.15) is 70.9 Å². The van der Waals surface area contributed by atoms with Gasteiger partial charge in [-0.3, -0.25) is 9.59 Å². The number of benzene rings is 2.